The van der Waals surface area contributed by atoms with Crippen molar-refractivity contribution in [3.63, 3.8) is 0 Å². The monoisotopic (exact) mass is 228 g/mol. The number of carbonyl (C=O) groups is 2. The van der Waals surface area contributed by atoms with Gasteiger partial charge >= 0.3 is 11.9 Å². The molecule has 0 aliphatic heterocycles. The highest BCUT2D eigenvalue weighted by molar-refractivity contribution is 5.73. The summed E-state index contributed by atoms with van der Waals surface area (Å²) in [4.78, 5) is 22.5. The van der Waals surface area contributed by atoms with Crippen molar-refractivity contribution in [3.05, 3.63) is 12.2 Å². The van der Waals surface area contributed by atoms with Gasteiger partial charge in [0.25, 0.3) is 0 Å². The van der Waals surface area contributed by atoms with Gasteiger partial charge in [-0.3, -0.25) is 9.59 Å². The zero-order valence-electron chi connectivity index (χ0n) is 10.2. The Balaban J connectivity index is 4.16. The van der Waals surface area contributed by atoms with Crippen LogP contribution in [0.1, 0.15) is 33.6 Å². The molecule has 0 amide bonds. The van der Waals surface area contributed by atoms with Crippen LogP contribution >= 0.6 is 0 Å². The predicted octanol–water partition coefficient (Wildman–Crippen LogP) is 2.09. The third-order valence-corrected chi connectivity index (χ3v) is 1.93. The Morgan fingerprint density at radius 1 is 1.06 bits per heavy atom. The Kier molecular flexibility index (Phi) is 8.21. The van der Waals surface area contributed by atoms with Gasteiger partial charge in [-0.25, -0.2) is 0 Å². The SMILES string of the molecule is C/C=C\C(CC(=O)OCC)CC(=O)OCC. The smallest absolute Gasteiger partial charge is 0.306 e. The van der Waals surface area contributed by atoms with E-state index in [4.69, 9.17) is 9.47 Å². The summed E-state index contributed by atoms with van der Waals surface area (Å²) in [6, 6.07) is 0. The largest absolute Gasteiger partial charge is 0.466 e. The van der Waals surface area contributed by atoms with Crippen LogP contribution in [0.3, 0.4) is 0 Å². The highest BCUT2D eigenvalue weighted by atomic mass is 16.5. The summed E-state index contributed by atoms with van der Waals surface area (Å²) in [5.41, 5.74) is 0. The third kappa shape index (κ3) is 7.04. The number of allylic oxidation sites excluding steroid dienone is 2. The van der Waals surface area contributed by atoms with Gasteiger partial charge in [-0.15, -0.1) is 0 Å². The number of esters is 2. The molecule has 16 heavy (non-hydrogen) atoms. The van der Waals surface area contributed by atoms with Crippen molar-refractivity contribution in [1.29, 1.82) is 0 Å². The van der Waals surface area contributed by atoms with E-state index in [0.29, 0.717) is 13.2 Å². The standard InChI is InChI=1S/C12H20O4/c1-4-7-10(8-11(13)15-5-2)9-12(14)16-6-3/h4,7,10H,5-6,8-9H2,1-3H3/b7-4-. The fourth-order valence-electron chi connectivity index (χ4n) is 1.35. The first-order valence-electron chi connectivity index (χ1n) is 5.58. The summed E-state index contributed by atoms with van der Waals surface area (Å²) in [7, 11) is 0. The lowest BCUT2D eigenvalue weighted by atomic mass is 10.0. The Bertz CT molecular complexity index is 225. The van der Waals surface area contributed by atoms with Crippen molar-refractivity contribution < 1.29 is 19.1 Å². The van der Waals surface area contributed by atoms with Gasteiger partial charge in [0.1, 0.15) is 0 Å². The van der Waals surface area contributed by atoms with Crippen LogP contribution < -0.4 is 0 Å². The zero-order chi connectivity index (χ0) is 12.4. The van der Waals surface area contributed by atoms with Crippen molar-refractivity contribution in [1.82, 2.24) is 0 Å². The van der Waals surface area contributed by atoms with Gasteiger partial charge < -0.3 is 9.47 Å². The average Bonchev–Trinajstić information content (AvgIpc) is 2.18. The Morgan fingerprint density at radius 2 is 1.50 bits per heavy atom. The van der Waals surface area contributed by atoms with Crippen molar-refractivity contribution in [2.45, 2.75) is 33.6 Å². The maximum atomic E-state index is 11.3. The molecule has 4 heteroatoms. The molecular formula is C12H20O4. The zero-order valence-corrected chi connectivity index (χ0v) is 10.2. The summed E-state index contributed by atoms with van der Waals surface area (Å²) < 4.78 is 9.67. The van der Waals surface area contributed by atoms with E-state index in [2.05, 4.69) is 0 Å². The van der Waals surface area contributed by atoms with Gasteiger partial charge in [0, 0.05) is 0 Å². The lowest BCUT2D eigenvalue weighted by Crippen LogP contribution is -2.15. The highest BCUT2D eigenvalue weighted by Gasteiger charge is 2.16. The first-order valence-corrected chi connectivity index (χ1v) is 5.58. The van der Waals surface area contributed by atoms with Crippen LogP contribution in [0.4, 0.5) is 0 Å². The first-order chi connectivity index (χ1) is 7.63. The number of rotatable bonds is 7. The minimum absolute atomic E-state index is 0.136. The highest BCUT2D eigenvalue weighted by Crippen LogP contribution is 2.12. The molecule has 0 heterocycles. The molecule has 0 aliphatic carbocycles. The molecule has 0 aliphatic rings. The van der Waals surface area contributed by atoms with Crippen LogP contribution in [-0.4, -0.2) is 25.2 Å². The summed E-state index contributed by atoms with van der Waals surface area (Å²) in [5, 5.41) is 0. The molecular weight excluding hydrogens is 208 g/mol. The van der Waals surface area contributed by atoms with Crippen molar-refractivity contribution >= 4 is 11.9 Å². The van der Waals surface area contributed by atoms with Crippen LogP contribution in [0.2, 0.25) is 0 Å². The van der Waals surface area contributed by atoms with Gasteiger partial charge in [0.15, 0.2) is 0 Å². The number of ether oxygens (including phenoxy) is 2. The maximum Gasteiger partial charge on any atom is 0.306 e. The lowest BCUT2D eigenvalue weighted by molar-refractivity contribution is -0.146. The average molecular weight is 228 g/mol. The first kappa shape index (κ1) is 14.7. The summed E-state index contributed by atoms with van der Waals surface area (Å²) in [6.07, 6.45) is 4.09. The third-order valence-electron chi connectivity index (χ3n) is 1.93. The maximum absolute atomic E-state index is 11.3. The van der Waals surface area contributed by atoms with Crippen LogP contribution in [0.5, 0.6) is 0 Å². The van der Waals surface area contributed by atoms with Crippen LogP contribution in [0.15, 0.2) is 12.2 Å². The van der Waals surface area contributed by atoms with Gasteiger partial charge in [-0.1, -0.05) is 12.2 Å². The molecule has 0 aromatic heterocycles. The number of carbonyl (C=O) groups excluding carboxylic acids is 2. The minimum Gasteiger partial charge on any atom is -0.466 e. The molecule has 0 aromatic rings. The molecule has 0 saturated carbocycles. The van der Waals surface area contributed by atoms with Crippen molar-refractivity contribution in [3.8, 4) is 0 Å². The van der Waals surface area contributed by atoms with E-state index >= 15 is 0 Å². The molecule has 0 spiro atoms. The van der Waals surface area contributed by atoms with Crippen LogP contribution in [0.25, 0.3) is 0 Å². The van der Waals surface area contributed by atoms with Gasteiger partial charge in [0.2, 0.25) is 0 Å². The minimum atomic E-state index is -0.283. The Hall–Kier alpha value is -1.32. The molecule has 0 atom stereocenters. The van der Waals surface area contributed by atoms with Crippen LogP contribution in [-0.2, 0) is 19.1 Å². The predicted molar refractivity (Wildman–Crippen MR) is 60.8 cm³/mol. The normalized spacial score (nSPS) is 10.8. The van der Waals surface area contributed by atoms with E-state index in [-0.39, 0.29) is 30.7 Å². The van der Waals surface area contributed by atoms with E-state index in [0.717, 1.165) is 0 Å². The summed E-state index contributed by atoms with van der Waals surface area (Å²) in [6.45, 7) is 6.09. The van der Waals surface area contributed by atoms with Crippen molar-refractivity contribution in [2.24, 2.45) is 5.92 Å². The molecule has 0 bridgehead atoms. The fraction of sp³-hybridized carbons (Fsp3) is 0.667. The molecule has 92 valence electrons. The molecule has 0 aromatic carbocycles. The number of hydrogen-bond donors (Lipinski definition) is 0. The van der Waals surface area contributed by atoms with Crippen molar-refractivity contribution in [2.75, 3.05) is 13.2 Å². The molecule has 0 saturated heterocycles. The molecule has 0 unspecified atom stereocenters. The molecule has 0 radical (unpaired) electrons. The molecule has 4 nitrogen and oxygen atoms in total. The Labute approximate surface area is 96.6 Å². The second-order valence-corrected chi connectivity index (χ2v) is 3.30. The second kappa shape index (κ2) is 8.95. The van der Waals surface area contributed by atoms with E-state index in [9.17, 15) is 9.59 Å². The van der Waals surface area contributed by atoms with E-state index in [1.165, 1.54) is 0 Å². The Morgan fingerprint density at radius 3 is 1.81 bits per heavy atom. The van der Waals surface area contributed by atoms with Crippen LogP contribution in [0, 0.1) is 5.92 Å². The van der Waals surface area contributed by atoms with Gasteiger partial charge in [-0.2, -0.15) is 0 Å². The number of hydrogen-bond acceptors (Lipinski definition) is 4. The quantitative estimate of drug-likeness (QED) is 0.494. The fourth-order valence-corrected chi connectivity index (χ4v) is 1.35. The summed E-state index contributed by atoms with van der Waals surface area (Å²) in [5.74, 6) is -0.701. The molecule has 0 N–H and O–H groups in total. The second-order valence-electron chi connectivity index (χ2n) is 3.30. The van der Waals surface area contributed by atoms with E-state index < -0.39 is 0 Å². The van der Waals surface area contributed by atoms with Gasteiger partial charge in [0.05, 0.1) is 26.1 Å². The molecule has 0 fully saturated rings. The lowest BCUT2D eigenvalue weighted by Gasteiger charge is -2.10. The van der Waals surface area contributed by atoms with E-state index in [1.54, 1.807) is 13.8 Å². The van der Waals surface area contributed by atoms with E-state index in [1.807, 2.05) is 19.1 Å². The summed E-state index contributed by atoms with van der Waals surface area (Å²) >= 11 is 0. The van der Waals surface area contributed by atoms with Gasteiger partial charge in [-0.05, 0) is 26.7 Å². The molecule has 0 rings (SSSR count). The topological polar surface area (TPSA) is 52.6 Å².